The van der Waals surface area contributed by atoms with E-state index >= 15 is 0 Å². The summed E-state index contributed by atoms with van der Waals surface area (Å²) in [7, 11) is -1.91. The molecule has 0 heterocycles. The van der Waals surface area contributed by atoms with Gasteiger partial charge in [-0.1, -0.05) is 24.3 Å². The van der Waals surface area contributed by atoms with Gasteiger partial charge in [0, 0.05) is 19.6 Å². The number of sulfonamides is 1. The first-order chi connectivity index (χ1) is 9.99. The van der Waals surface area contributed by atoms with Crippen LogP contribution in [0.3, 0.4) is 0 Å². The second kappa shape index (κ2) is 6.73. The number of nitrogens with two attached hydrogens (primary N) is 1. The molecule has 7 heteroatoms. The van der Waals surface area contributed by atoms with E-state index in [2.05, 4.69) is 27.8 Å². The highest BCUT2D eigenvalue weighted by atomic mass is 32.2. The van der Waals surface area contributed by atoms with Crippen LogP contribution in [-0.2, 0) is 16.6 Å². The topological polar surface area (TPSA) is 96.6 Å². The van der Waals surface area contributed by atoms with Crippen LogP contribution in [-0.4, -0.2) is 27.5 Å². The molecule has 0 radical (unpaired) electrons. The van der Waals surface area contributed by atoms with Gasteiger partial charge >= 0.3 is 0 Å². The number of primary sulfonamides is 1. The Labute approximate surface area is 125 Å². The van der Waals surface area contributed by atoms with Crippen molar-refractivity contribution in [1.82, 2.24) is 10.6 Å². The molecule has 2 rings (SSSR count). The fraction of sp³-hybridized carbons (Fsp3) is 0.357. The molecule has 0 bridgehead atoms. The first-order valence-electron chi connectivity index (χ1n) is 6.73. The van der Waals surface area contributed by atoms with Gasteiger partial charge in [-0.15, -0.1) is 0 Å². The van der Waals surface area contributed by atoms with Gasteiger partial charge < -0.3 is 10.6 Å². The van der Waals surface area contributed by atoms with E-state index < -0.39 is 10.0 Å². The number of hydrogen-bond donors (Lipinski definition) is 3. The van der Waals surface area contributed by atoms with Crippen molar-refractivity contribution >= 4 is 16.0 Å². The molecule has 0 saturated heterocycles. The molecule has 0 fully saturated rings. The van der Waals surface area contributed by atoms with E-state index in [9.17, 15) is 8.42 Å². The third kappa shape index (κ3) is 4.57. The molecule has 0 amide bonds. The predicted octanol–water partition coefficient (Wildman–Crippen LogP) is 0.718. The zero-order chi connectivity index (χ0) is 15.3. The van der Waals surface area contributed by atoms with Gasteiger partial charge in [0.1, 0.15) is 0 Å². The fourth-order valence-electron chi connectivity index (χ4n) is 2.11. The minimum absolute atomic E-state index is 0.116. The lowest BCUT2D eigenvalue weighted by molar-refractivity contribution is 0.597. The molecule has 114 valence electrons. The number of guanidine groups is 1. The lowest BCUT2D eigenvalue weighted by atomic mass is 10.2. The third-order valence-electron chi connectivity index (χ3n) is 3.28. The highest BCUT2D eigenvalue weighted by Gasteiger charge is 2.11. The maximum Gasteiger partial charge on any atom is 0.238 e. The van der Waals surface area contributed by atoms with Crippen molar-refractivity contribution in [2.45, 2.75) is 30.3 Å². The Balaban J connectivity index is 1.89. The smallest absolute Gasteiger partial charge is 0.238 e. The molecular weight excluding hydrogens is 288 g/mol. The number of benzene rings is 1. The first-order valence-corrected chi connectivity index (χ1v) is 8.27. The van der Waals surface area contributed by atoms with Gasteiger partial charge in [-0.3, -0.25) is 4.99 Å². The van der Waals surface area contributed by atoms with E-state index in [0.29, 0.717) is 12.6 Å². The highest BCUT2D eigenvalue weighted by Crippen LogP contribution is 2.10. The van der Waals surface area contributed by atoms with Crippen LogP contribution in [0.25, 0.3) is 0 Å². The lowest BCUT2D eigenvalue weighted by Gasteiger charge is -2.17. The molecule has 0 spiro atoms. The Morgan fingerprint density at radius 2 is 1.90 bits per heavy atom. The van der Waals surface area contributed by atoms with Crippen LogP contribution in [0.1, 0.15) is 18.4 Å². The Hall–Kier alpha value is -1.86. The quantitative estimate of drug-likeness (QED) is 0.434. The molecule has 0 saturated carbocycles. The van der Waals surface area contributed by atoms with Crippen molar-refractivity contribution in [3.63, 3.8) is 0 Å². The molecule has 1 aromatic rings. The van der Waals surface area contributed by atoms with Gasteiger partial charge in [-0.05, 0) is 30.5 Å². The SMILES string of the molecule is CN=C(NCc1ccc(S(N)(=O)=O)cc1)NC1CC=CC1. The maximum atomic E-state index is 11.2. The van der Waals surface area contributed by atoms with E-state index in [1.54, 1.807) is 19.2 Å². The number of hydrogen-bond acceptors (Lipinski definition) is 3. The van der Waals surface area contributed by atoms with Gasteiger partial charge in [0.25, 0.3) is 0 Å². The average molecular weight is 308 g/mol. The largest absolute Gasteiger partial charge is 0.353 e. The normalized spacial score (nSPS) is 16.2. The van der Waals surface area contributed by atoms with Crippen molar-refractivity contribution in [1.29, 1.82) is 0 Å². The second-order valence-electron chi connectivity index (χ2n) is 4.90. The van der Waals surface area contributed by atoms with Crippen LogP contribution in [0.15, 0.2) is 46.3 Å². The van der Waals surface area contributed by atoms with E-state index in [-0.39, 0.29) is 4.90 Å². The van der Waals surface area contributed by atoms with Crippen molar-refractivity contribution in [3.05, 3.63) is 42.0 Å². The summed E-state index contributed by atoms with van der Waals surface area (Å²) in [5.41, 5.74) is 0.954. The molecule has 0 aromatic heterocycles. The molecule has 1 aliphatic carbocycles. The van der Waals surface area contributed by atoms with Crippen molar-refractivity contribution in [2.24, 2.45) is 10.1 Å². The van der Waals surface area contributed by atoms with Crippen LogP contribution in [0, 0.1) is 0 Å². The second-order valence-corrected chi connectivity index (χ2v) is 6.46. The highest BCUT2D eigenvalue weighted by molar-refractivity contribution is 7.89. The third-order valence-corrected chi connectivity index (χ3v) is 4.21. The van der Waals surface area contributed by atoms with Gasteiger partial charge in [0.05, 0.1) is 4.90 Å². The monoisotopic (exact) mass is 308 g/mol. The van der Waals surface area contributed by atoms with Crippen LogP contribution in [0.2, 0.25) is 0 Å². The number of aliphatic imine (C=N–C) groups is 1. The molecule has 21 heavy (non-hydrogen) atoms. The van der Waals surface area contributed by atoms with Gasteiger partial charge in [-0.25, -0.2) is 13.6 Å². The zero-order valence-corrected chi connectivity index (χ0v) is 12.7. The van der Waals surface area contributed by atoms with Crippen LogP contribution in [0.4, 0.5) is 0 Å². The molecular formula is C14H20N4O2S. The molecule has 0 aliphatic heterocycles. The van der Waals surface area contributed by atoms with E-state index in [1.807, 2.05) is 0 Å². The zero-order valence-electron chi connectivity index (χ0n) is 11.9. The Morgan fingerprint density at radius 1 is 1.29 bits per heavy atom. The van der Waals surface area contributed by atoms with Crippen molar-refractivity contribution in [3.8, 4) is 0 Å². The van der Waals surface area contributed by atoms with Gasteiger partial charge in [-0.2, -0.15) is 0 Å². The van der Waals surface area contributed by atoms with Crippen molar-refractivity contribution < 1.29 is 8.42 Å². The molecule has 0 atom stereocenters. The molecule has 6 nitrogen and oxygen atoms in total. The minimum Gasteiger partial charge on any atom is -0.353 e. The van der Waals surface area contributed by atoms with Crippen LogP contribution in [0.5, 0.6) is 0 Å². The molecule has 0 unspecified atom stereocenters. The minimum atomic E-state index is -3.63. The summed E-state index contributed by atoms with van der Waals surface area (Å²) in [4.78, 5) is 4.29. The van der Waals surface area contributed by atoms with E-state index in [1.165, 1.54) is 12.1 Å². The Morgan fingerprint density at radius 3 is 2.43 bits per heavy atom. The van der Waals surface area contributed by atoms with Crippen LogP contribution < -0.4 is 15.8 Å². The summed E-state index contributed by atoms with van der Waals surface area (Å²) in [6.45, 7) is 0.560. The van der Waals surface area contributed by atoms with Gasteiger partial charge in [0.15, 0.2) is 5.96 Å². The summed E-state index contributed by atoms with van der Waals surface area (Å²) < 4.78 is 22.4. The fourth-order valence-corrected chi connectivity index (χ4v) is 2.62. The Bertz CT molecular complexity index is 627. The van der Waals surface area contributed by atoms with E-state index in [0.717, 1.165) is 24.4 Å². The summed E-state index contributed by atoms with van der Waals surface area (Å²) in [5.74, 6) is 0.735. The maximum absolute atomic E-state index is 11.2. The number of nitrogens with one attached hydrogen (secondary N) is 2. The number of nitrogens with zero attached hydrogens (tertiary/aromatic N) is 1. The summed E-state index contributed by atoms with van der Waals surface area (Å²) in [6.07, 6.45) is 6.31. The van der Waals surface area contributed by atoms with Gasteiger partial charge in [0.2, 0.25) is 10.0 Å². The number of rotatable bonds is 4. The predicted molar refractivity (Wildman–Crippen MR) is 83.3 cm³/mol. The van der Waals surface area contributed by atoms with Crippen molar-refractivity contribution in [2.75, 3.05) is 7.05 Å². The average Bonchev–Trinajstić information content (AvgIpc) is 2.96. The summed E-state index contributed by atoms with van der Waals surface area (Å²) in [6, 6.07) is 6.86. The summed E-state index contributed by atoms with van der Waals surface area (Å²) in [5, 5.41) is 11.6. The Kier molecular flexibility index (Phi) is 4.98. The molecule has 1 aliphatic rings. The lowest BCUT2D eigenvalue weighted by Crippen LogP contribution is -2.42. The molecule has 1 aromatic carbocycles. The first kappa shape index (κ1) is 15.5. The van der Waals surface area contributed by atoms with E-state index in [4.69, 9.17) is 5.14 Å². The standard InChI is InChI=1S/C14H20N4O2S/c1-16-14(18-12-4-2-3-5-12)17-10-11-6-8-13(9-7-11)21(15,19)20/h2-3,6-9,12H,4-5,10H2,1H3,(H2,15,19,20)(H2,16,17,18). The van der Waals surface area contributed by atoms with Crippen LogP contribution >= 0.6 is 0 Å². The molecule has 4 N–H and O–H groups in total. The summed E-state index contributed by atoms with van der Waals surface area (Å²) >= 11 is 0.